The van der Waals surface area contributed by atoms with Gasteiger partial charge in [-0.3, -0.25) is 4.90 Å². The van der Waals surface area contributed by atoms with Crippen molar-refractivity contribution in [1.29, 1.82) is 5.26 Å². The molecule has 0 amide bonds. The molecular weight excluding hydrogens is 272 g/mol. The van der Waals surface area contributed by atoms with Crippen LogP contribution in [0.3, 0.4) is 0 Å². The minimum absolute atomic E-state index is 0.0227. The monoisotopic (exact) mass is 292 g/mol. The number of likely N-dealkylation sites (tertiary alicyclic amines) is 1. The largest absolute Gasteiger partial charge is 0.363 e. The SMILES string of the molecule is N#CCCN1CC(OC(c2ccccc2)c2ccccc2)C1. The minimum Gasteiger partial charge on any atom is -0.363 e. The van der Waals surface area contributed by atoms with Crippen molar-refractivity contribution in [3.8, 4) is 6.07 Å². The molecule has 1 fully saturated rings. The summed E-state index contributed by atoms with van der Waals surface area (Å²) in [5.41, 5.74) is 2.37. The molecule has 0 unspecified atom stereocenters. The predicted molar refractivity (Wildman–Crippen MR) is 86.3 cm³/mol. The second-order valence-electron chi connectivity index (χ2n) is 5.63. The highest BCUT2D eigenvalue weighted by Crippen LogP contribution is 2.29. The van der Waals surface area contributed by atoms with E-state index in [1.807, 2.05) is 12.1 Å². The molecule has 1 aliphatic heterocycles. The summed E-state index contributed by atoms with van der Waals surface area (Å²) in [5, 5.41) is 8.64. The van der Waals surface area contributed by atoms with E-state index in [-0.39, 0.29) is 12.2 Å². The first kappa shape index (κ1) is 14.8. The van der Waals surface area contributed by atoms with Crippen molar-refractivity contribution < 1.29 is 4.74 Å². The number of rotatable bonds is 6. The third-order valence-corrected chi connectivity index (χ3v) is 4.00. The van der Waals surface area contributed by atoms with Crippen LogP contribution in [0.2, 0.25) is 0 Å². The Hall–Kier alpha value is -2.15. The fraction of sp³-hybridized carbons (Fsp3) is 0.316. The van der Waals surface area contributed by atoms with Crippen molar-refractivity contribution in [2.75, 3.05) is 19.6 Å². The summed E-state index contributed by atoms with van der Waals surface area (Å²) in [4.78, 5) is 2.26. The van der Waals surface area contributed by atoms with Crippen LogP contribution in [0, 0.1) is 11.3 Å². The number of hydrogen-bond donors (Lipinski definition) is 0. The second kappa shape index (κ2) is 7.22. The Kier molecular flexibility index (Phi) is 4.85. The number of nitrogens with zero attached hydrogens (tertiary/aromatic N) is 2. The topological polar surface area (TPSA) is 36.3 Å². The number of nitriles is 1. The highest BCUT2D eigenvalue weighted by Gasteiger charge is 2.30. The van der Waals surface area contributed by atoms with E-state index in [1.54, 1.807) is 0 Å². The Labute approximate surface area is 131 Å². The van der Waals surface area contributed by atoms with Gasteiger partial charge in [-0.15, -0.1) is 0 Å². The fourth-order valence-electron chi connectivity index (χ4n) is 2.80. The molecule has 0 aliphatic carbocycles. The third kappa shape index (κ3) is 3.54. The maximum absolute atomic E-state index is 8.64. The van der Waals surface area contributed by atoms with Crippen molar-refractivity contribution >= 4 is 0 Å². The van der Waals surface area contributed by atoms with E-state index in [0.29, 0.717) is 6.42 Å². The Morgan fingerprint density at radius 2 is 1.55 bits per heavy atom. The first-order valence-corrected chi connectivity index (χ1v) is 7.71. The van der Waals surface area contributed by atoms with E-state index in [9.17, 15) is 0 Å². The van der Waals surface area contributed by atoms with Gasteiger partial charge in [0.05, 0.1) is 12.2 Å². The molecule has 0 spiro atoms. The Morgan fingerprint density at radius 3 is 2.05 bits per heavy atom. The molecule has 3 nitrogen and oxygen atoms in total. The van der Waals surface area contributed by atoms with E-state index in [2.05, 4.69) is 59.5 Å². The van der Waals surface area contributed by atoms with Crippen LogP contribution in [0.5, 0.6) is 0 Å². The Balaban J connectivity index is 1.68. The van der Waals surface area contributed by atoms with Crippen LogP contribution in [0.15, 0.2) is 60.7 Å². The number of benzene rings is 2. The molecule has 2 aromatic rings. The van der Waals surface area contributed by atoms with Crippen molar-refractivity contribution in [2.24, 2.45) is 0 Å². The molecule has 0 bridgehead atoms. The van der Waals surface area contributed by atoms with Gasteiger partial charge in [-0.05, 0) is 11.1 Å². The zero-order valence-electron chi connectivity index (χ0n) is 12.6. The first-order valence-electron chi connectivity index (χ1n) is 7.71. The quantitative estimate of drug-likeness (QED) is 0.819. The molecular formula is C19H20N2O. The molecule has 0 atom stereocenters. The number of ether oxygens (including phenoxy) is 1. The van der Waals surface area contributed by atoms with Gasteiger partial charge < -0.3 is 4.74 Å². The average Bonchev–Trinajstić information content (AvgIpc) is 2.55. The molecule has 0 N–H and O–H groups in total. The van der Waals surface area contributed by atoms with Crippen molar-refractivity contribution in [1.82, 2.24) is 4.90 Å². The van der Waals surface area contributed by atoms with E-state index in [0.717, 1.165) is 19.6 Å². The zero-order valence-corrected chi connectivity index (χ0v) is 12.6. The summed E-state index contributed by atoms with van der Waals surface area (Å²) in [6.45, 7) is 2.67. The van der Waals surface area contributed by atoms with Crippen LogP contribution in [0.4, 0.5) is 0 Å². The zero-order chi connectivity index (χ0) is 15.2. The van der Waals surface area contributed by atoms with Gasteiger partial charge in [0, 0.05) is 26.1 Å². The molecule has 22 heavy (non-hydrogen) atoms. The lowest BCUT2D eigenvalue weighted by Crippen LogP contribution is -2.52. The summed E-state index contributed by atoms with van der Waals surface area (Å²) in [5.74, 6) is 0. The van der Waals surface area contributed by atoms with Crippen LogP contribution in [0.1, 0.15) is 23.7 Å². The molecule has 112 valence electrons. The lowest BCUT2D eigenvalue weighted by atomic mass is 10.0. The Bertz CT molecular complexity index is 575. The Morgan fingerprint density at radius 1 is 1.00 bits per heavy atom. The molecule has 0 aromatic heterocycles. The lowest BCUT2D eigenvalue weighted by molar-refractivity contribution is -0.0800. The average molecular weight is 292 g/mol. The minimum atomic E-state index is -0.0227. The van der Waals surface area contributed by atoms with Gasteiger partial charge in [-0.2, -0.15) is 5.26 Å². The lowest BCUT2D eigenvalue weighted by Gasteiger charge is -2.40. The molecule has 3 rings (SSSR count). The van der Waals surface area contributed by atoms with Gasteiger partial charge in [0.15, 0.2) is 0 Å². The first-order chi connectivity index (χ1) is 10.9. The number of hydrogen-bond acceptors (Lipinski definition) is 3. The molecule has 0 radical (unpaired) electrons. The van der Waals surface area contributed by atoms with Crippen LogP contribution in [-0.4, -0.2) is 30.6 Å². The van der Waals surface area contributed by atoms with Crippen molar-refractivity contribution in [3.05, 3.63) is 71.8 Å². The van der Waals surface area contributed by atoms with E-state index in [1.165, 1.54) is 11.1 Å². The van der Waals surface area contributed by atoms with Crippen molar-refractivity contribution in [3.63, 3.8) is 0 Å². The summed E-state index contributed by atoms with van der Waals surface area (Å²) in [6, 6.07) is 22.9. The molecule has 1 heterocycles. The fourth-order valence-corrected chi connectivity index (χ4v) is 2.80. The summed E-state index contributed by atoms with van der Waals surface area (Å²) in [6.07, 6.45) is 0.808. The van der Waals surface area contributed by atoms with Gasteiger partial charge in [0.25, 0.3) is 0 Å². The molecule has 2 aromatic carbocycles. The molecule has 0 saturated carbocycles. The smallest absolute Gasteiger partial charge is 0.108 e. The molecule has 1 saturated heterocycles. The second-order valence-corrected chi connectivity index (χ2v) is 5.63. The van der Waals surface area contributed by atoms with E-state index in [4.69, 9.17) is 10.00 Å². The maximum Gasteiger partial charge on any atom is 0.108 e. The normalized spacial score (nSPS) is 15.5. The van der Waals surface area contributed by atoms with Gasteiger partial charge >= 0.3 is 0 Å². The van der Waals surface area contributed by atoms with Crippen LogP contribution < -0.4 is 0 Å². The van der Waals surface area contributed by atoms with Gasteiger partial charge in [-0.1, -0.05) is 60.7 Å². The highest BCUT2D eigenvalue weighted by molar-refractivity contribution is 5.30. The van der Waals surface area contributed by atoms with Crippen LogP contribution in [0.25, 0.3) is 0 Å². The van der Waals surface area contributed by atoms with Crippen LogP contribution in [-0.2, 0) is 4.74 Å². The highest BCUT2D eigenvalue weighted by atomic mass is 16.5. The summed E-state index contributed by atoms with van der Waals surface area (Å²) < 4.78 is 6.34. The van der Waals surface area contributed by atoms with Crippen LogP contribution >= 0.6 is 0 Å². The van der Waals surface area contributed by atoms with Gasteiger partial charge in [-0.25, -0.2) is 0 Å². The molecule has 1 aliphatic rings. The summed E-state index contributed by atoms with van der Waals surface area (Å²) >= 11 is 0. The summed E-state index contributed by atoms with van der Waals surface area (Å²) in [7, 11) is 0. The molecule has 3 heteroatoms. The van der Waals surface area contributed by atoms with E-state index >= 15 is 0 Å². The van der Waals surface area contributed by atoms with Gasteiger partial charge in [0.1, 0.15) is 6.10 Å². The maximum atomic E-state index is 8.64. The third-order valence-electron chi connectivity index (χ3n) is 4.00. The standard InChI is InChI=1S/C19H20N2O/c20-12-7-13-21-14-18(15-21)22-19(16-8-3-1-4-9-16)17-10-5-2-6-11-17/h1-6,8-11,18-19H,7,13-15H2. The van der Waals surface area contributed by atoms with E-state index < -0.39 is 0 Å². The van der Waals surface area contributed by atoms with Crippen molar-refractivity contribution in [2.45, 2.75) is 18.6 Å². The van der Waals surface area contributed by atoms with Gasteiger partial charge in [0.2, 0.25) is 0 Å². The predicted octanol–water partition coefficient (Wildman–Crippen LogP) is 3.39.